The maximum absolute atomic E-state index is 6.71. The lowest BCUT2D eigenvalue weighted by atomic mass is 10.0. The fourth-order valence-electron chi connectivity index (χ4n) is 6.05. The molecule has 0 fully saturated rings. The van der Waals surface area contributed by atoms with Gasteiger partial charge in [0.2, 0.25) is 0 Å². The van der Waals surface area contributed by atoms with E-state index in [1.165, 1.54) is 0 Å². The molecule has 0 amide bonds. The number of aromatic nitrogens is 1. The van der Waals surface area contributed by atoms with Crippen molar-refractivity contribution in [3.8, 4) is 28.7 Å². The highest BCUT2D eigenvalue weighted by Crippen LogP contribution is 2.49. The zero-order valence-electron chi connectivity index (χ0n) is 34.5. The van der Waals surface area contributed by atoms with E-state index >= 15 is 0 Å². The first kappa shape index (κ1) is 42.0. The summed E-state index contributed by atoms with van der Waals surface area (Å²) in [4.78, 5) is 4.72. The number of rotatable bonds is 17. The van der Waals surface area contributed by atoms with E-state index in [4.69, 9.17) is 32.1 Å². The molecule has 7 nitrogen and oxygen atoms in total. The Kier molecular flexibility index (Phi) is 14.6. The number of aryl methyl sites for hydroxylation is 4. The molecule has 0 saturated carbocycles. The van der Waals surface area contributed by atoms with Crippen LogP contribution in [0.15, 0.2) is 91.1 Å². The molecule has 5 rings (SSSR count). The van der Waals surface area contributed by atoms with Crippen molar-refractivity contribution in [3.63, 3.8) is 0 Å². The smallest absolute Gasteiger partial charge is 0.417 e. The molecule has 0 aliphatic heterocycles. The maximum Gasteiger partial charge on any atom is 0.530 e. The minimum Gasteiger partial charge on any atom is -0.417 e. The van der Waals surface area contributed by atoms with Gasteiger partial charge in [-0.2, -0.15) is 0 Å². The molecule has 9 heteroatoms. The molecular weight excluding hydrogens is 724 g/mol. The summed E-state index contributed by atoms with van der Waals surface area (Å²) in [5.74, 6) is 4.35. The van der Waals surface area contributed by atoms with Gasteiger partial charge in [0.15, 0.2) is 5.75 Å². The van der Waals surface area contributed by atoms with E-state index < -0.39 is 17.2 Å². The fraction of sp³-hybridized carbons (Fsp3) is 0.370. The first-order valence-corrected chi connectivity index (χ1v) is 21.4. The minimum atomic E-state index is -2.00. The molecule has 55 heavy (non-hydrogen) atoms. The van der Waals surface area contributed by atoms with E-state index in [1.54, 1.807) is 6.20 Å². The Morgan fingerprint density at radius 3 is 1.11 bits per heavy atom. The molecule has 0 aliphatic rings. The van der Waals surface area contributed by atoms with Crippen LogP contribution in [-0.2, 0) is 11.1 Å². The van der Waals surface area contributed by atoms with E-state index in [9.17, 15) is 0 Å². The van der Waals surface area contributed by atoms with E-state index in [0.29, 0.717) is 11.4 Å². The molecule has 0 spiro atoms. The van der Waals surface area contributed by atoms with Crippen LogP contribution in [-0.4, -0.2) is 4.98 Å². The zero-order valence-corrected chi connectivity index (χ0v) is 36.3. The first-order chi connectivity index (χ1) is 26.2. The Labute approximate surface area is 331 Å². The quantitative estimate of drug-likeness (QED) is 0.0870. The predicted molar refractivity (Wildman–Crippen MR) is 227 cm³/mol. The van der Waals surface area contributed by atoms with Crippen LogP contribution < -0.4 is 22.6 Å². The summed E-state index contributed by atoms with van der Waals surface area (Å²) in [5.41, 5.74) is 9.20. The highest BCUT2D eigenvalue weighted by molar-refractivity contribution is 7.43. The summed E-state index contributed by atoms with van der Waals surface area (Å²) >= 11 is 0. The normalized spacial score (nSPS) is 11.7. The van der Waals surface area contributed by atoms with Gasteiger partial charge in [-0.1, -0.05) is 104 Å². The monoisotopic (exact) mass is 781 g/mol. The van der Waals surface area contributed by atoms with Gasteiger partial charge in [0.05, 0.1) is 0 Å². The van der Waals surface area contributed by atoms with Crippen LogP contribution in [0.3, 0.4) is 0 Å². The second-order valence-electron chi connectivity index (χ2n) is 15.4. The first-order valence-electron chi connectivity index (χ1n) is 19.2. The van der Waals surface area contributed by atoms with Crippen LogP contribution in [0.2, 0.25) is 0 Å². The summed E-state index contributed by atoms with van der Waals surface area (Å²) in [6, 6.07) is 28.7. The fourth-order valence-corrected chi connectivity index (χ4v) is 8.13. The lowest BCUT2D eigenvalue weighted by molar-refractivity contribution is 0.249. The Balaban J connectivity index is 1.49. The molecule has 0 N–H and O–H groups in total. The number of benzene rings is 4. The second-order valence-corrected chi connectivity index (χ2v) is 17.5. The summed E-state index contributed by atoms with van der Waals surface area (Å²) in [5, 5.41) is 0. The molecule has 0 saturated heterocycles. The second kappa shape index (κ2) is 19.1. The summed E-state index contributed by atoms with van der Waals surface area (Å²) in [6.07, 6.45) is 1.73. The van der Waals surface area contributed by atoms with Gasteiger partial charge < -0.3 is 22.6 Å². The molecule has 1 heterocycles. The van der Waals surface area contributed by atoms with Crippen molar-refractivity contribution in [3.05, 3.63) is 141 Å². The minimum absolute atomic E-state index is 0.0556. The van der Waals surface area contributed by atoms with Crippen LogP contribution in [0.25, 0.3) is 0 Å². The third-order valence-corrected chi connectivity index (χ3v) is 11.3. The third-order valence-electron chi connectivity index (χ3n) is 9.18. The highest BCUT2D eigenvalue weighted by Gasteiger charge is 2.28. The van der Waals surface area contributed by atoms with Crippen molar-refractivity contribution >= 4 is 17.2 Å². The number of hydrogen-bond donors (Lipinski definition) is 0. The Hall–Kier alpha value is -4.15. The molecule has 0 unspecified atom stereocenters. The highest BCUT2D eigenvalue weighted by atomic mass is 31.2. The van der Waals surface area contributed by atoms with Crippen molar-refractivity contribution in [1.82, 2.24) is 4.98 Å². The van der Waals surface area contributed by atoms with Crippen molar-refractivity contribution in [2.45, 2.75) is 113 Å². The van der Waals surface area contributed by atoms with E-state index in [-0.39, 0.29) is 30.3 Å². The average Bonchev–Trinajstić information content (AvgIpc) is 3.10. The predicted octanol–water partition coefficient (Wildman–Crippen LogP) is 14.5. The summed E-state index contributed by atoms with van der Waals surface area (Å²) in [6.45, 7) is 25.5. The number of pyridine rings is 1. The van der Waals surface area contributed by atoms with Crippen molar-refractivity contribution in [1.29, 1.82) is 0 Å². The van der Waals surface area contributed by atoms with Gasteiger partial charge in [-0.25, -0.2) is 0 Å². The number of nitrogens with zero attached hydrogens (tertiary/aromatic N) is 1. The molecule has 0 atom stereocenters. The van der Waals surface area contributed by atoms with Crippen LogP contribution >= 0.6 is 17.2 Å². The molecule has 0 aliphatic carbocycles. The van der Waals surface area contributed by atoms with Crippen LogP contribution in [0.5, 0.6) is 28.7 Å². The molecule has 0 bridgehead atoms. The van der Waals surface area contributed by atoms with Crippen LogP contribution in [0, 0.1) is 27.7 Å². The molecule has 0 radical (unpaired) electrons. The Morgan fingerprint density at radius 1 is 0.436 bits per heavy atom. The van der Waals surface area contributed by atoms with Gasteiger partial charge in [-0.05, 0) is 132 Å². The van der Waals surface area contributed by atoms with Crippen LogP contribution in [0.1, 0.15) is 129 Å². The standard InChI is InChI=1S/C46H57NO6P2/c1-29(2)37-19-15-33(9)24-43(37)50-54(51-44-25-34(10)16-20-38(44)30(3)4)48-28-41-42(14-13-23-47-41)49-55(52-45-26-35(11)17-21-39(45)31(5)6)53-46-27-36(12)18-22-40(46)32(7)8/h13-27,29-32H,28H2,1-12H3. The molecule has 292 valence electrons. The molecule has 1 aromatic heterocycles. The maximum atomic E-state index is 6.71. The lowest BCUT2D eigenvalue weighted by Crippen LogP contribution is -2.09. The van der Waals surface area contributed by atoms with Crippen molar-refractivity contribution < 1.29 is 27.1 Å². The molecule has 5 aromatic rings. The summed E-state index contributed by atoms with van der Waals surface area (Å²) in [7, 11) is -3.94. The van der Waals surface area contributed by atoms with Gasteiger partial charge in [0.25, 0.3) is 0 Å². The molecular formula is C46H57NO6P2. The largest absolute Gasteiger partial charge is 0.530 e. The molecule has 4 aromatic carbocycles. The third kappa shape index (κ3) is 11.4. The van der Waals surface area contributed by atoms with Crippen LogP contribution in [0.4, 0.5) is 0 Å². The summed E-state index contributed by atoms with van der Waals surface area (Å²) < 4.78 is 40.0. The van der Waals surface area contributed by atoms with Gasteiger partial charge >= 0.3 is 17.2 Å². The SMILES string of the molecule is Cc1ccc(C(C)C)c(OP(OCc2ncccc2OP(Oc2cc(C)ccc2C(C)C)Oc2cc(C)ccc2C(C)C)Oc2cc(C)ccc2C(C)C)c1. The zero-order chi connectivity index (χ0) is 39.8. The van der Waals surface area contributed by atoms with Crippen molar-refractivity contribution in [2.24, 2.45) is 0 Å². The van der Waals surface area contributed by atoms with E-state index in [2.05, 4.69) is 132 Å². The van der Waals surface area contributed by atoms with Crippen molar-refractivity contribution in [2.75, 3.05) is 0 Å². The van der Waals surface area contributed by atoms with Gasteiger partial charge in [0, 0.05) is 6.20 Å². The van der Waals surface area contributed by atoms with Gasteiger partial charge in [-0.15, -0.1) is 0 Å². The van der Waals surface area contributed by atoms with Gasteiger partial charge in [0.1, 0.15) is 35.3 Å². The topological polar surface area (TPSA) is 68.3 Å². The Bertz CT molecular complexity index is 1930. The average molecular weight is 782 g/mol. The van der Waals surface area contributed by atoms with E-state index in [1.807, 2.05) is 36.4 Å². The Morgan fingerprint density at radius 2 is 0.764 bits per heavy atom. The number of hydrogen-bond acceptors (Lipinski definition) is 7. The lowest BCUT2D eigenvalue weighted by Gasteiger charge is -2.24. The van der Waals surface area contributed by atoms with E-state index in [0.717, 1.165) is 67.5 Å². The van der Waals surface area contributed by atoms with Gasteiger partial charge in [-0.3, -0.25) is 9.51 Å².